The third kappa shape index (κ3) is 3.89. The standard InChI is InChI=1S/C18H20ClN5O2/c1-4-26-24-16(19)8-13(11-22-24)23-15-7-5-6-14(17(15)25-3)18-20-9-12(2)10-21-18/h5-11,22-23H,4H2,1-3H3. The number of hydrogen-bond donors (Lipinski definition) is 2. The summed E-state index contributed by atoms with van der Waals surface area (Å²) in [5, 5.41) is 5.09. The van der Waals surface area contributed by atoms with Gasteiger partial charge in [-0.15, -0.1) is 0 Å². The quantitative estimate of drug-likeness (QED) is 0.750. The molecule has 0 amide bonds. The van der Waals surface area contributed by atoms with Crippen LogP contribution < -0.4 is 15.5 Å². The molecule has 1 aliphatic heterocycles. The lowest BCUT2D eigenvalue weighted by Crippen LogP contribution is -2.35. The molecule has 0 aliphatic carbocycles. The van der Waals surface area contributed by atoms with Gasteiger partial charge in [0.05, 0.1) is 30.7 Å². The Hall–Kier alpha value is -2.77. The van der Waals surface area contributed by atoms with Gasteiger partial charge in [-0.1, -0.05) is 17.7 Å². The highest BCUT2D eigenvalue weighted by atomic mass is 35.5. The van der Waals surface area contributed by atoms with Crippen molar-refractivity contribution in [2.45, 2.75) is 13.8 Å². The number of hydrazine groups is 1. The van der Waals surface area contributed by atoms with Gasteiger partial charge in [0.2, 0.25) is 0 Å². The van der Waals surface area contributed by atoms with Crippen molar-refractivity contribution in [1.29, 1.82) is 0 Å². The zero-order valence-corrected chi connectivity index (χ0v) is 15.5. The average molecular weight is 374 g/mol. The molecule has 0 radical (unpaired) electrons. The molecule has 136 valence electrons. The molecule has 1 aromatic heterocycles. The molecule has 0 spiro atoms. The second-order valence-electron chi connectivity index (χ2n) is 5.50. The predicted molar refractivity (Wildman–Crippen MR) is 101 cm³/mol. The van der Waals surface area contributed by atoms with Crippen molar-refractivity contribution in [1.82, 2.24) is 20.6 Å². The molecule has 3 rings (SSSR count). The monoisotopic (exact) mass is 373 g/mol. The summed E-state index contributed by atoms with van der Waals surface area (Å²) in [6, 6.07) is 5.74. The maximum atomic E-state index is 6.21. The van der Waals surface area contributed by atoms with E-state index >= 15 is 0 Å². The predicted octanol–water partition coefficient (Wildman–Crippen LogP) is 3.57. The summed E-state index contributed by atoms with van der Waals surface area (Å²) in [6.07, 6.45) is 7.05. The number of rotatable bonds is 6. The Labute approximate surface area is 157 Å². The maximum absolute atomic E-state index is 6.21. The lowest BCUT2D eigenvalue weighted by molar-refractivity contribution is -0.148. The first-order valence-corrected chi connectivity index (χ1v) is 8.49. The number of hydrogen-bond acceptors (Lipinski definition) is 7. The molecule has 0 saturated heterocycles. The van der Waals surface area contributed by atoms with Crippen molar-refractivity contribution < 1.29 is 9.57 Å². The fourth-order valence-corrected chi connectivity index (χ4v) is 2.65. The fourth-order valence-electron chi connectivity index (χ4n) is 2.44. The normalized spacial score (nSPS) is 13.6. The van der Waals surface area contributed by atoms with Crippen LogP contribution in [0.1, 0.15) is 12.5 Å². The molecule has 26 heavy (non-hydrogen) atoms. The number of benzene rings is 1. The van der Waals surface area contributed by atoms with Crippen molar-refractivity contribution in [2.75, 3.05) is 19.0 Å². The van der Waals surface area contributed by atoms with Gasteiger partial charge in [-0.25, -0.2) is 9.97 Å². The Morgan fingerprint density at radius 1 is 1.27 bits per heavy atom. The zero-order chi connectivity index (χ0) is 18.5. The average Bonchev–Trinajstić information content (AvgIpc) is 2.64. The number of anilines is 1. The van der Waals surface area contributed by atoms with Gasteiger partial charge in [0.25, 0.3) is 0 Å². The van der Waals surface area contributed by atoms with Crippen molar-refractivity contribution >= 4 is 17.3 Å². The van der Waals surface area contributed by atoms with E-state index in [0.29, 0.717) is 23.3 Å². The number of ether oxygens (including phenoxy) is 1. The number of nitrogens with zero attached hydrogens (tertiary/aromatic N) is 3. The van der Waals surface area contributed by atoms with Crippen LogP contribution in [0, 0.1) is 6.92 Å². The summed E-state index contributed by atoms with van der Waals surface area (Å²) in [5.74, 6) is 1.25. The molecule has 2 aromatic rings. The zero-order valence-electron chi connectivity index (χ0n) is 14.8. The number of halogens is 1. The van der Waals surface area contributed by atoms with Crippen molar-refractivity contribution in [3.8, 4) is 17.1 Å². The molecule has 1 aromatic carbocycles. The number of allylic oxidation sites excluding steroid dienone is 1. The molecule has 2 heterocycles. The van der Waals surface area contributed by atoms with Crippen LogP contribution in [0.4, 0.5) is 5.69 Å². The number of hydroxylamine groups is 1. The molecule has 0 fully saturated rings. The Bertz CT molecular complexity index is 836. The number of para-hydroxylation sites is 1. The van der Waals surface area contributed by atoms with E-state index in [-0.39, 0.29) is 0 Å². The van der Waals surface area contributed by atoms with Crippen LogP contribution in [-0.4, -0.2) is 28.9 Å². The van der Waals surface area contributed by atoms with Crippen molar-refractivity contribution in [2.24, 2.45) is 0 Å². The summed E-state index contributed by atoms with van der Waals surface area (Å²) in [5.41, 5.74) is 6.28. The van der Waals surface area contributed by atoms with E-state index in [1.807, 2.05) is 32.0 Å². The van der Waals surface area contributed by atoms with Gasteiger partial charge in [0.15, 0.2) is 16.7 Å². The SMILES string of the molecule is CCON1NC=C(Nc2cccc(-c3ncc(C)cn3)c2OC)C=C1Cl. The van der Waals surface area contributed by atoms with E-state index in [9.17, 15) is 0 Å². The Balaban J connectivity index is 1.87. The molecule has 0 bridgehead atoms. The van der Waals surface area contributed by atoms with Crippen LogP contribution in [0.15, 0.2) is 53.7 Å². The molecular formula is C18H20ClN5O2. The molecule has 0 saturated carbocycles. The molecule has 0 atom stereocenters. The van der Waals surface area contributed by atoms with Crippen molar-refractivity contribution in [3.63, 3.8) is 0 Å². The summed E-state index contributed by atoms with van der Waals surface area (Å²) < 4.78 is 5.61. The second kappa shape index (κ2) is 8.07. The van der Waals surface area contributed by atoms with Gasteiger partial charge in [0, 0.05) is 24.7 Å². The first kappa shape index (κ1) is 18.0. The van der Waals surface area contributed by atoms with Gasteiger partial charge in [-0.3, -0.25) is 10.3 Å². The third-order valence-electron chi connectivity index (χ3n) is 3.58. The van der Waals surface area contributed by atoms with E-state index in [4.69, 9.17) is 21.2 Å². The lowest BCUT2D eigenvalue weighted by atomic mass is 10.1. The molecular weight excluding hydrogens is 354 g/mol. The van der Waals surface area contributed by atoms with Crippen LogP contribution in [0.5, 0.6) is 5.75 Å². The first-order chi connectivity index (χ1) is 12.6. The van der Waals surface area contributed by atoms with Crippen LogP contribution in [0.2, 0.25) is 0 Å². The summed E-state index contributed by atoms with van der Waals surface area (Å²) in [4.78, 5) is 14.1. The topological polar surface area (TPSA) is 71.5 Å². The number of aromatic nitrogens is 2. The lowest BCUT2D eigenvalue weighted by Gasteiger charge is -2.26. The number of nitrogens with one attached hydrogen (secondary N) is 2. The third-order valence-corrected chi connectivity index (χ3v) is 3.85. The molecule has 2 N–H and O–H groups in total. The molecule has 0 unspecified atom stereocenters. The fraction of sp³-hybridized carbons (Fsp3) is 0.222. The summed E-state index contributed by atoms with van der Waals surface area (Å²) >= 11 is 6.21. The van der Waals surface area contributed by atoms with Crippen LogP contribution >= 0.6 is 11.6 Å². The highest BCUT2D eigenvalue weighted by molar-refractivity contribution is 6.29. The first-order valence-electron chi connectivity index (χ1n) is 8.12. The maximum Gasteiger partial charge on any atom is 0.162 e. The summed E-state index contributed by atoms with van der Waals surface area (Å²) in [7, 11) is 1.62. The Morgan fingerprint density at radius 2 is 2.04 bits per heavy atom. The van der Waals surface area contributed by atoms with E-state index < -0.39 is 0 Å². The summed E-state index contributed by atoms with van der Waals surface area (Å²) in [6.45, 7) is 4.33. The smallest absolute Gasteiger partial charge is 0.162 e. The van der Waals surface area contributed by atoms with Gasteiger partial charge in [0.1, 0.15) is 0 Å². The highest BCUT2D eigenvalue weighted by Gasteiger charge is 2.16. The Kier molecular flexibility index (Phi) is 5.60. The van der Waals surface area contributed by atoms with E-state index in [0.717, 1.165) is 22.5 Å². The van der Waals surface area contributed by atoms with Crippen LogP contribution in [0.3, 0.4) is 0 Å². The molecule has 8 heteroatoms. The molecule has 1 aliphatic rings. The minimum Gasteiger partial charge on any atom is -0.494 e. The van der Waals surface area contributed by atoms with E-state index in [2.05, 4.69) is 20.7 Å². The van der Waals surface area contributed by atoms with Gasteiger partial charge in [-0.2, -0.15) is 5.17 Å². The highest BCUT2D eigenvalue weighted by Crippen LogP contribution is 2.35. The second-order valence-corrected chi connectivity index (χ2v) is 5.89. The largest absolute Gasteiger partial charge is 0.494 e. The van der Waals surface area contributed by atoms with E-state index in [1.54, 1.807) is 31.8 Å². The molecule has 7 nitrogen and oxygen atoms in total. The van der Waals surface area contributed by atoms with Gasteiger partial charge < -0.3 is 10.1 Å². The van der Waals surface area contributed by atoms with Gasteiger partial charge >= 0.3 is 0 Å². The Morgan fingerprint density at radius 3 is 2.69 bits per heavy atom. The minimum atomic E-state index is 0.411. The van der Waals surface area contributed by atoms with E-state index in [1.165, 1.54) is 5.17 Å². The van der Waals surface area contributed by atoms with Crippen LogP contribution in [0.25, 0.3) is 11.4 Å². The van der Waals surface area contributed by atoms with Crippen molar-refractivity contribution in [3.05, 3.63) is 59.3 Å². The van der Waals surface area contributed by atoms with Gasteiger partial charge in [-0.05, 0) is 31.5 Å². The van der Waals surface area contributed by atoms with Crippen LogP contribution in [-0.2, 0) is 4.84 Å². The number of aryl methyl sites for hydroxylation is 1. The minimum absolute atomic E-state index is 0.411. The number of methoxy groups -OCH3 is 1.